The van der Waals surface area contributed by atoms with Gasteiger partial charge in [-0.2, -0.15) is 0 Å². The van der Waals surface area contributed by atoms with E-state index in [0.717, 1.165) is 16.7 Å². The van der Waals surface area contributed by atoms with Crippen molar-refractivity contribution in [1.29, 1.82) is 0 Å². The summed E-state index contributed by atoms with van der Waals surface area (Å²) in [5.74, 6) is -0.433. The molecule has 0 unspecified atom stereocenters. The summed E-state index contributed by atoms with van der Waals surface area (Å²) in [5, 5.41) is 5.53. The first-order chi connectivity index (χ1) is 14.4. The Morgan fingerprint density at radius 1 is 0.967 bits per heavy atom. The molecule has 0 radical (unpaired) electrons. The first kappa shape index (κ1) is 21.0. The second kappa shape index (κ2) is 9.69. The van der Waals surface area contributed by atoms with Crippen LogP contribution in [0.4, 0.5) is 10.1 Å². The van der Waals surface area contributed by atoms with Crippen molar-refractivity contribution < 1.29 is 18.7 Å². The highest BCUT2D eigenvalue weighted by Crippen LogP contribution is 2.19. The number of ether oxygens (including phenoxy) is 1. The molecule has 0 aliphatic heterocycles. The maximum Gasteiger partial charge on any atom is 0.258 e. The molecule has 0 aromatic heterocycles. The number of nitrogens with one attached hydrogen (secondary N) is 2. The molecular weight excluding hydrogens is 383 g/mol. The van der Waals surface area contributed by atoms with Crippen molar-refractivity contribution in [1.82, 2.24) is 5.32 Å². The molecule has 3 rings (SSSR count). The van der Waals surface area contributed by atoms with E-state index in [-0.39, 0.29) is 18.1 Å². The van der Waals surface area contributed by atoms with Gasteiger partial charge in [-0.3, -0.25) is 9.59 Å². The van der Waals surface area contributed by atoms with Gasteiger partial charge in [-0.05, 0) is 66.9 Å². The van der Waals surface area contributed by atoms with E-state index in [0.29, 0.717) is 18.0 Å². The first-order valence-electron chi connectivity index (χ1n) is 9.53. The van der Waals surface area contributed by atoms with Gasteiger partial charge in [0.25, 0.3) is 11.8 Å². The summed E-state index contributed by atoms with van der Waals surface area (Å²) in [7, 11) is 0. The van der Waals surface area contributed by atoms with Gasteiger partial charge in [-0.1, -0.05) is 30.3 Å². The summed E-state index contributed by atoms with van der Waals surface area (Å²) < 4.78 is 18.9. The molecule has 0 bridgehead atoms. The van der Waals surface area contributed by atoms with E-state index in [1.807, 2.05) is 38.1 Å². The molecule has 6 heteroatoms. The van der Waals surface area contributed by atoms with E-state index in [4.69, 9.17) is 4.74 Å². The summed E-state index contributed by atoms with van der Waals surface area (Å²) >= 11 is 0. The van der Waals surface area contributed by atoms with Gasteiger partial charge in [-0.15, -0.1) is 0 Å². The van der Waals surface area contributed by atoms with Crippen molar-refractivity contribution in [3.05, 3.63) is 94.8 Å². The first-order valence-corrected chi connectivity index (χ1v) is 9.53. The van der Waals surface area contributed by atoms with E-state index in [1.54, 1.807) is 24.3 Å². The van der Waals surface area contributed by atoms with Gasteiger partial charge < -0.3 is 15.4 Å². The summed E-state index contributed by atoms with van der Waals surface area (Å²) in [6.07, 6.45) is 0. The Hall–Kier alpha value is -3.67. The number of hydrogen-bond donors (Lipinski definition) is 2. The van der Waals surface area contributed by atoms with E-state index in [2.05, 4.69) is 10.6 Å². The maximum absolute atomic E-state index is 13.3. The SMILES string of the molecule is Cc1ccc(C)c(OCC(=O)NCc2cccc(NC(=O)c3cccc(F)c3)c2)c1. The predicted octanol–water partition coefficient (Wildman–Crippen LogP) is 4.39. The lowest BCUT2D eigenvalue weighted by molar-refractivity contribution is -0.123. The Kier molecular flexibility index (Phi) is 6.80. The Morgan fingerprint density at radius 2 is 1.77 bits per heavy atom. The summed E-state index contributed by atoms with van der Waals surface area (Å²) in [6.45, 7) is 4.10. The quantitative estimate of drug-likeness (QED) is 0.612. The minimum Gasteiger partial charge on any atom is -0.483 e. The number of aryl methyl sites for hydroxylation is 2. The Bertz CT molecular complexity index is 1070. The molecule has 5 nitrogen and oxygen atoms in total. The molecule has 30 heavy (non-hydrogen) atoms. The zero-order valence-electron chi connectivity index (χ0n) is 16.9. The highest BCUT2D eigenvalue weighted by Gasteiger charge is 2.09. The van der Waals surface area contributed by atoms with E-state index in [9.17, 15) is 14.0 Å². The van der Waals surface area contributed by atoms with Crippen LogP contribution >= 0.6 is 0 Å². The molecule has 154 valence electrons. The highest BCUT2D eigenvalue weighted by molar-refractivity contribution is 6.04. The number of anilines is 1. The second-order valence-electron chi connectivity index (χ2n) is 7.00. The van der Waals surface area contributed by atoms with Crippen molar-refractivity contribution in [2.45, 2.75) is 20.4 Å². The van der Waals surface area contributed by atoms with Crippen LogP contribution < -0.4 is 15.4 Å². The lowest BCUT2D eigenvalue weighted by atomic mass is 10.1. The van der Waals surface area contributed by atoms with Crippen LogP contribution in [0.2, 0.25) is 0 Å². The van der Waals surface area contributed by atoms with Crippen molar-refractivity contribution in [2.75, 3.05) is 11.9 Å². The number of benzene rings is 3. The monoisotopic (exact) mass is 406 g/mol. The average Bonchev–Trinajstić information content (AvgIpc) is 2.73. The summed E-state index contributed by atoms with van der Waals surface area (Å²) in [5.41, 5.74) is 3.63. The molecule has 3 aromatic rings. The molecule has 0 aliphatic carbocycles. The lowest BCUT2D eigenvalue weighted by Gasteiger charge is -2.11. The number of hydrogen-bond acceptors (Lipinski definition) is 3. The lowest BCUT2D eigenvalue weighted by Crippen LogP contribution is -2.28. The van der Waals surface area contributed by atoms with Crippen LogP contribution in [0.1, 0.15) is 27.0 Å². The van der Waals surface area contributed by atoms with Crippen molar-refractivity contribution in [3.8, 4) is 5.75 Å². The van der Waals surface area contributed by atoms with Gasteiger partial charge in [0.05, 0.1) is 0 Å². The normalized spacial score (nSPS) is 10.4. The zero-order valence-corrected chi connectivity index (χ0v) is 16.9. The minimum absolute atomic E-state index is 0.0830. The van der Waals surface area contributed by atoms with Crippen LogP contribution in [0.3, 0.4) is 0 Å². The van der Waals surface area contributed by atoms with Gasteiger partial charge in [0.1, 0.15) is 11.6 Å². The highest BCUT2D eigenvalue weighted by atomic mass is 19.1. The fourth-order valence-electron chi connectivity index (χ4n) is 2.85. The topological polar surface area (TPSA) is 67.4 Å². The smallest absolute Gasteiger partial charge is 0.258 e. The molecule has 0 spiro atoms. The van der Waals surface area contributed by atoms with Gasteiger partial charge >= 0.3 is 0 Å². The molecule has 0 atom stereocenters. The maximum atomic E-state index is 13.3. The van der Waals surface area contributed by atoms with Crippen LogP contribution in [0, 0.1) is 19.7 Å². The van der Waals surface area contributed by atoms with Crippen LogP contribution in [0.5, 0.6) is 5.75 Å². The molecule has 0 saturated carbocycles. The minimum atomic E-state index is -0.470. The van der Waals surface area contributed by atoms with Crippen LogP contribution in [-0.4, -0.2) is 18.4 Å². The second-order valence-corrected chi connectivity index (χ2v) is 7.00. The van der Waals surface area contributed by atoms with Gasteiger partial charge in [0.15, 0.2) is 6.61 Å². The van der Waals surface area contributed by atoms with Crippen LogP contribution in [0.25, 0.3) is 0 Å². The Morgan fingerprint density at radius 3 is 2.57 bits per heavy atom. The third-order valence-corrected chi connectivity index (χ3v) is 4.46. The number of carbonyl (C=O) groups excluding carboxylic acids is 2. The zero-order chi connectivity index (χ0) is 21.5. The molecular formula is C24H23FN2O3. The van der Waals surface area contributed by atoms with E-state index in [1.165, 1.54) is 18.2 Å². The molecule has 0 saturated heterocycles. The molecule has 0 fully saturated rings. The Balaban J connectivity index is 1.53. The number of amides is 2. The third-order valence-electron chi connectivity index (χ3n) is 4.46. The summed E-state index contributed by atoms with van der Waals surface area (Å²) in [6, 6.07) is 18.4. The van der Waals surface area contributed by atoms with E-state index < -0.39 is 11.7 Å². The third kappa shape index (κ3) is 5.91. The van der Waals surface area contributed by atoms with Crippen LogP contribution in [-0.2, 0) is 11.3 Å². The van der Waals surface area contributed by atoms with Gasteiger partial charge in [0.2, 0.25) is 0 Å². The van der Waals surface area contributed by atoms with Crippen LogP contribution in [0.15, 0.2) is 66.7 Å². The van der Waals surface area contributed by atoms with Gasteiger partial charge in [-0.25, -0.2) is 4.39 Å². The largest absolute Gasteiger partial charge is 0.483 e. The molecule has 0 aliphatic rings. The van der Waals surface area contributed by atoms with Crippen molar-refractivity contribution >= 4 is 17.5 Å². The average molecular weight is 406 g/mol. The van der Waals surface area contributed by atoms with Gasteiger partial charge in [0, 0.05) is 17.8 Å². The number of halogens is 1. The molecule has 2 N–H and O–H groups in total. The predicted molar refractivity (Wildman–Crippen MR) is 114 cm³/mol. The standard InChI is InChI=1S/C24H23FN2O3/c1-16-9-10-17(2)22(11-16)30-15-23(28)26-14-18-5-3-8-21(12-18)27-24(29)19-6-4-7-20(25)13-19/h3-13H,14-15H2,1-2H3,(H,26,28)(H,27,29). The summed E-state index contributed by atoms with van der Waals surface area (Å²) in [4.78, 5) is 24.4. The van der Waals surface area contributed by atoms with Crippen molar-refractivity contribution in [2.24, 2.45) is 0 Å². The number of carbonyl (C=O) groups is 2. The Labute approximate surface area is 174 Å². The number of rotatable bonds is 7. The fourth-order valence-corrected chi connectivity index (χ4v) is 2.85. The fraction of sp³-hybridized carbons (Fsp3) is 0.167. The van der Waals surface area contributed by atoms with E-state index >= 15 is 0 Å². The molecule has 3 aromatic carbocycles. The van der Waals surface area contributed by atoms with Crippen molar-refractivity contribution in [3.63, 3.8) is 0 Å². The molecule has 2 amide bonds. The molecule has 0 heterocycles.